The third kappa shape index (κ3) is 3.83. The largest absolute Gasteiger partial charge is 0.496 e. The molecule has 3 nitrogen and oxygen atoms in total. The molecule has 1 aromatic heterocycles. The number of hydrogen-bond acceptors (Lipinski definition) is 3. The first-order valence-corrected chi connectivity index (χ1v) is 7.94. The number of rotatable bonds is 6. The zero-order chi connectivity index (χ0) is 15.2. The monoisotopic (exact) mass is 348 g/mol. The maximum Gasteiger partial charge on any atom is 0.124 e. The molecule has 2 unspecified atom stereocenters. The third-order valence-corrected chi connectivity index (χ3v) is 4.10. The Morgan fingerprint density at radius 1 is 1.29 bits per heavy atom. The number of likely N-dealkylation sites (N-methyl/N-ethyl adjacent to an activating group) is 1. The van der Waals surface area contributed by atoms with E-state index in [1.165, 1.54) is 0 Å². The molecule has 0 spiro atoms. The summed E-state index contributed by atoms with van der Waals surface area (Å²) in [6.07, 6.45) is 1.84. The summed E-state index contributed by atoms with van der Waals surface area (Å²) in [7, 11) is 1.71. The minimum Gasteiger partial charge on any atom is -0.496 e. The maximum atomic E-state index is 5.55. The zero-order valence-electron chi connectivity index (χ0n) is 12.6. The Hall–Kier alpha value is -1.39. The van der Waals surface area contributed by atoms with E-state index in [0.717, 1.165) is 28.0 Å². The van der Waals surface area contributed by atoms with Gasteiger partial charge in [-0.3, -0.25) is 4.98 Å². The Kier molecular flexibility index (Phi) is 5.76. The van der Waals surface area contributed by atoms with Gasteiger partial charge in [0.05, 0.1) is 7.11 Å². The molecule has 0 saturated carbocycles. The van der Waals surface area contributed by atoms with Crippen LogP contribution >= 0.6 is 15.9 Å². The second-order valence-electron chi connectivity index (χ2n) is 4.96. The summed E-state index contributed by atoms with van der Waals surface area (Å²) >= 11 is 3.49. The fraction of sp³-hybridized carbons (Fsp3) is 0.353. The molecular formula is C17H21BrN2O. The summed E-state index contributed by atoms with van der Waals surface area (Å²) in [6.45, 7) is 5.20. The van der Waals surface area contributed by atoms with Crippen LogP contribution in [0.3, 0.4) is 0 Å². The topological polar surface area (TPSA) is 34.1 Å². The van der Waals surface area contributed by atoms with Gasteiger partial charge in [-0.25, -0.2) is 0 Å². The molecule has 112 valence electrons. The van der Waals surface area contributed by atoms with Gasteiger partial charge in [0.25, 0.3) is 0 Å². The number of aromatic nitrogens is 1. The van der Waals surface area contributed by atoms with E-state index >= 15 is 0 Å². The minimum absolute atomic E-state index is 0.160. The standard InChI is InChI=1S/C17H21BrN2O/c1-4-19-17(12(2)15-7-5-6-10-20-15)14-9-8-13(18)11-16(14)21-3/h5-12,17,19H,4H2,1-3H3. The molecule has 2 aromatic rings. The fourth-order valence-electron chi connectivity index (χ4n) is 2.53. The van der Waals surface area contributed by atoms with Gasteiger partial charge in [0.15, 0.2) is 0 Å². The molecule has 4 heteroatoms. The lowest BCUT2D eigenvalue weighted by molar-refractivity contribution is 0.389. The van der Waals surface area contributed by atoms with E-state index in [1.54, 1.807) is 7.11 Å². The lowest BCUT2D eigenvalue weighted by Gasteiger charge is -2.26. The molecule has 1 heterocycles. The van der Waals surface area contributed by atoms with Gasteiger partial charge in [0, 0.05) is 33.9 Å². The van der Waals surface area contributed by atoms with E-state index in [-0.39, 0.29) is 12.0 Å². The Balaban J connectivity index is 2.39. The molecule has 0 aliphatic rings. The number of nitrogens with zero attached hydrogens (tertiary/aromatic N) is 1. The van der Waals surface area contributed by atoms with Gasteiger partial charge in [0.1, 0.15) is 5.75 Å². The molecule has 0 bridgehead atoms. The van der Waals surface area contributed by atoms with Crippen molar-refractivity contribution in [3.05, 3.63) is 58.3 Å². The second kappa shape index (κ2) is 7.57. The summed E-state index contributed by atoms with van der Waals surface area (Å²) in [5.74, 6) is 1.14. The van der Waals surface area contributed by atoms with Crippen LogP contribution in [0.1, 0.15) is 37.1 Å². The van der Waals surface area contributed by atoms with E-state index in [0.29, 0.717) is 0 Å². The summed E-state index contributed by atoms with van der Waals surface area (Å²) in [4.78, 5) is 4.49. The summed E-state index contributed by atoms with van der Waals surface area (Å²) in [6, 6.07) is 12.4. The van der Waals surface area contributed by atoms with E-state index in [4.69, 9.17) is 4.74 Å². The molecule has 21 heavy (non-hydrogen) atoms. The number of nitrogens with one attached hydrogen (secondary N) is 1. The summed E-state index contributed by atoms with van der Waals surface area (Å²) < 4.78 is 6.57. The normalized spacial score (nSPS) is 13.7. The molecule has 2 atom stereocenters. The van der Waals surface area contributed by atoms with E-state index in [1.807, 2.05) is 30.5 Å². The van der Waals surface area contributed by atoms with Gasteiger partial charge < -0.3 is 10.1 Å². The lowest BCUT2D eigenvalue weighted by atomic mass is 9.90. The number of ether oxygens (including phenoxy) is 1. The van der Waals surface area contributed by atoms with Crippen LogP contribution in [0, 0.1) is 0 Å². The number of hydrogen-bond donors (Lipinski definition) is 1. The highest BCUT2D eigenvalue weighted by molar-refractivity contribution is 9.10. The highest BCUT2D eigenvalue weighted by atomic mass is 79.9. The SMILES string of the molecule is CCNC(c1ccc(Br)cc1OC)C(C)c1ccccn1. The lowest BCUT2D eigenvalue weighted by Crippen LogP contribution is -2.26. The number of methoxy groups -OCH3 is 1. The second-order valence-corrected chi connectivity index (χ2v) is 5.88. The van der Waals surface area contributed by atoms with Crippen molar-refractivity contribution < 1.29 is 4.74 Å². The molecule has 0 radical (unpaired) electrons. The van der Waals surface area contributed by atoms with E-state index < -0.39 is 0 Å². The van der Waals surface area contributed by atoms with Gasteiger partial charge in [-0.15, -0.1) is 0 Å². The van der Waals surface area contributed by atoms with Gasteiger partial charge in [-0.2, -0.15) is 0 Å². The number of benzene rings is 1. The predicted molar refractivity (Wildman–Crippen MR) is 89.8 cm³/mol. The molecule has 0 fully saturated rings. The Morgan fingerprint density at radius 3 is 2.71 bits per heavy atom. The van der Waals surface area contributed by atoms with Crippen LogP contribution in [0.15, 0.2) is 47.1 Å². The third-order valence-electron chi connectivity index (χ3n) is 3.61. The van der Waals surface area contributed by atoms with Gasteiger partial charge >= 0.3 is 0 Å². The van der Waals surface area contributed by atoms with Crippen molar-refractivity contribution in [1.29, 1.82) is 0 Å². The average molecular weight is 349 g/mol. The quantitative estimate of drug-likeness (QED) is 0.844. The maximum absolute atomic E-state index is 5.55. The first-order valence-electron chi connectivity index (χ1n) is 7.15. The van der Waals surface area contributed by atoms with Crippen LogP contribution in [-0.4, -0.2) is 18.6 Å². The summed E-state index contributed by atoms with van der Waals surface area (Å²) in [5, 5.41) is 3.56. The van der Waals surface area contributed by atoms with Gasteiger partial charge in [0.2, 0.25) is 0 Å². The van der Waals surface area contributed by atoms with Crippen molar-refractivity contribution in [3.8, 4) is 5.75 Å². The van der Waals surface area contributed by atoms with Crippen molar-refractivity contribution >= 4 is 15.9 Å². The molecular weight excluding hydrogens is 328 g/mol. The van der Waals surface area contributed by atoms with Crippen LogP contribution in [-0.2, 0) is 0 Å². The molecule has 0 aliphatic heterocycles. The van der Waals surface area contributed by atoms with Gasteiger partial charge in [-0.1, -0.05) is 41.9 Å². The molecule has 1 aromatic carbocycles. The Morgan fingerprint density at radius 2 is 2.10 bits per heavy atom. The minimum atomic E-state index is 0.160. The van der Waals surface area contributed by atoms with Crippen LogP contribution < -0.4 is 10.1 Å². The molecule has 1 N–H and O–H groups in total. The van der Waals surface area contributed by atoms with Gasteiger partial charge in [-0.05, 0) is 30.8 Å². The smallest absolute Gasteiger partial charge is 0.124 e. The Bertz CT molecular complexity index is 574. The van der Waals surface area contributed by atoms with E-state index in [9.17, 15) is 0 Å². The van der Waals surface area contributed by atoms with Crippen molar-refractivity contribution in [1.82, 2.24) is 10.3 Å². The van der Waals surface area contributed by atoms with Crippen LogP contribution in [0.2, 0.25) is 0 Å². The van der Waals surface area contributed by atoms with Crippen molar-refractivity contribution in [2.45, 2.75) is 25.8 Å². The fourth-order valence-corrected chi connectivity index (χ4v) is 2.87. The van der Waals surface area contributed by atoms with Crippen molar-refractivity contribution in [3.63, 3.8) is 0 Å². The molecule has 0 amide bonds. The Labute approximate surface area is 134 Å². The van der Waals surface area contributed by atoms with E-state index in [2.05, 4.69) is 52.2 Å². The molecule has 0 saturated heterocycles. The average Bonchev–Trinajstić information content (AvgIpc) is 2.53. The van der Waals surface area contributed by atoms with Crippen LogP contribution in [0.25, 0.3) is 0 Å². The molecule has 0 aliphatic carbocycles. The van der Waals surface area contributed by atoms with Crippen molar-refractivity contribution in [2.24, 2.45) is 0 Å². The first kappa shape index (κ1) is 16.0. The summed E-state index contributed by atoms with van der Waals surface area (Å²) in [5.41, 5.74) is 2.23. The zero-order valence-corrected chi connectivity index (χ0v) is 14.2. The van der Waals surface area contributed by atoms with Crippen LogP contribution in [0.4, 0.5) is 0 Å². The van der Waals surface area contributed by atoms with Crippen LogP contribution in [0.5, 0.6) is 5.75 Å². The number of halogens is 1. The first-order chi connectivity index (χ1) is 10.2. The highest BCUT2D eigenvalue weighted by Gasteiger charge is 2.24. The van der Waals surface area contributed by atoms with Crippen molar-refractivity contribution in [2.75, 3.05) is 13.7 Å². The molecule has 2 rings (SSSR count). The predicted octanol–water partition coefficient (Wildman–Crippen LogP) is 4.31. The number of pyridine rings is 1. The highest BCUT2D eigenvalue weighted by Crippen LogP contribution is 2.36.